The quantitative estimate of drug-likeness (QED) is 0.252. The molecule has 5 rings (SSSR count). The van der Waals surface area contributed by atoms with Crippen LogP contribution in [0.2, 0.25) is 0 Å². The normalized spacial score (nSPS) is 16.7. The van der Waals surface area contributed by atoms with E-state index in [1.807, 2.05) is 60.7 Å². The van der Waals surface area contributed by atoms with Crippen molar-refractivity contribution in [2.24, 2.45) is 5.73 Å². The van der Waals surface area contributed by atoms with E-state index in [2.05, 4.69) is 21.4 Å². The van der Waals surface area contributed by atoms with E-state index >= 15 is 0 Å². The summed E-state index contributed by atoms with van der Waals surface area (Å²) in [5, 5.41) is 12.4. The molecule has 3 aromatic carbocycles. The molecule has 46 heavy (non-hydrogen) atoms. The molecule has 1 aromatic heterocycles. The predicted molar refractivity (Wildman–Crippen MR) is 171 cm³/mol. The van der Waals surface area contributed by atoms with Gasteiger partial charge in [-0.1, -0.05) is 60.7 Å². The van der Waals surface area contributed by atoms with E-state index in [0.717, 1.165) is 16.0 Å². The molecule has 2 heterocycles. The molecule has 3 atom stereocenters. The Balaban J connectivity index is 1.30. The van der Waals surface area contributed by atoms with Crippen LogP contribution in [0, 0.1) is 11.3 Å². The van der Waals surface area contributed by atoms with Crippen LogP contribution in [0.3, 0.4) is 0 Å². The summed E-state index contributed by atoms with van der Waals surface area (Å²) in [5.74, 6) is -0.410. The zero-order valence-corrected chi connectivity index (χ0v) is 25.5. The van der Waals surface area contributed by atoms with Crippen LogP contribution in [-0.4, -0.2) is 67.0 Å². The lowest BCUT2D eigenvalue weighted by atomic mass is 9.85. The zero-order chi connectivity index (χ0) is 32.3. The van der Waals surface area contributed by atoms with Gasteiger partial charge in [-0.05, 0) is 48.2 Å². The van der Waals surface area contributed by atoms with Crippen LogP contribution in [0.1, 0.15) is 34.6 Å². The Hall–Kier alpha value is -5.15. The lowest BCUT2D eigenvalue weighted by molar-refractivity contribution is -0.119. The minimum atomic E-state index is -1.13. The second kappa shape index (κ2) is 15.7. The first-order valence-electron chi connectivity index (χ1n) is 15.0. The lowest BCUT2D eigenvalue weighted by Gasteiger charge is -2.31. The molecule has 0 spiro atoms. The third-order valence-electron chi connectivity index (χ3n) is 7.80. The van der Waals surface area contributed by atoms with Crippen molar-refractivity contribution < 1.29 is 23.8 Å². The van der Waals surface area contributed by atoms with Crippen molar-refractivity contribution in [3.05, 3.63) is 120 Å². The summed E-state index contributed by atoms with van der Waals surface area (Å²) in [5.41, 5.74) is 9.51. The molecule has 0 radical (unpaired) electrons. The van der Waals surface area contributed by atoms with Gasteiger partial charge in [-0.25, -0.2) is 14.8 Å². The van der Waals surface area contributed by atoms with E-state index < -0.39 is 24.0 Å². The average molecular weight is 621 g/mol. The molecule has 3 N–H and O–H groups in total. The fourth-order valence-electron chi connectivity index (χ4n) is 5.49. The maximum Gasteiger partial charge on any atom is 0.422 e. The summed E-state index contributed by atoms with van der Waals surface area (Å²) in [4.78, 5) is 36.8. The number of nitrogens with zero attached hydrogens (tertiary/aromatic N) is 4. The zero-order valence-electron chi connectivity index (χ0n) is 25.5. The van der Waals surface area contributed by atoms with Crippen LogP contribution in [-0.2, 0) is 20.7 Å². The average Bonchev–Trinajstić information content (AvgIpc) is 3.11. The maximum absolute atomic E-state index is 14.1. The number of methoxy groups -OCH3 is 1. The van der Waals surface area contributed by atoms with E-state index in [9.17, 15) is 9.59 Å². The van der Waals surface area contributed by atoms with Crippen molar-refractivity contribution in [2.75, 3.05) is 31.7 Å². The fraction of sp³-hybridized carbons (Fsp3) is 0.286. The number of aromatic nitrogens is 2. The molecule has 236 valence electrons. The number of nitrogens with one attached hydrogen (secondary N) is 1. The third-order valence-corrected chi connectivity index (χ3v) is 7.80. The highest BCUT2D eigenvalue weighted by Crippen LogP contribution is 2.30. The second-order valence-electron chi connectivity index (χ2n) is 10.9. The lowest BCUT2D eigenvalue weighted by Crippen LogP contribution is -2.50. The van der Waals surface area contributed by atoms with Crippen molar-refractivity contribution >= 4 is 17.8 Å². The van der Waals surface area contributed by atoms with Crippen molar-refractivity contribution in [3.8, 4) is 11.8 Å². The number of carbonyl (C=O) groups is 2. The van der Waals surface area contributed by atoms with Crippen LogP contribution in [0.4, 0.5) is 10.6 Å². The highest BCUT2D eigenvalue weighted by molar-refractivity contribution is 6.14. The van der Waals surface area contributed by atoms with Gasteiger partial charge in [-0.3, -0.25) is 4.79 Å². The monoisotopic (exact) mass is 620 g/mol. The summed E-state index contributed by atoms with van der Waals surface area (Å²) in [7, 11) is 1.21. The number of ether oxygens (including phenoxy) is 3. The van der Waals surface area contributed by atoms with E-state index in [1.54, 1.807) is 30.5 Å². The van der Waals surface area contributed by atoms with Gasteiger partial charge in [0.25, 0.3) is 5.91 Å². The van der Waals surface area contributed by atoms with Gasteiger partial charge in [0.15, 0.2) is 5.82 Å². The molecule has 11 nitrogen and oxygen atoms in total. The number of morpholine rings is 1. The van der Waals surface area contributed by atoms with Gasteiger partial charge in [0.05, 0.1) is 30.9 Å². The number of aryl methyl sites for hydroxylation is 1. The van der Waals surface area contributed by atoms with Gasteiger partial charge in [0.2, 0.25) is 0 Å². The molecule has 11 heteroatoms. The van der Waals surface area contributed by atoms with Gasteiger partial charge in [-0.15, -0.1) is 0 Å². The smallest absolute Gasteiger partial charge is 0.422 e. The first-order chi connectivity index (χ1) is 22.5. The van der Waals surface area contributed by atoms with Crippen molar-refractivity contribution in [1.29, 1.82) is 5.26 Å². The van der Waals surface area contributed by atoms with Crippen molar-refractivity contribution in [3.63, 3.8) is 0 Å². The van der Waals surface area contributed by atoms with Crippen LogP contribution in [0.5, 0.6) is 5.75 Å². The van der Waals surface area contributed by atoms with Crippen LogP contribution >= 0.6 is 0 Å². The Morgan fingerprint density at radius 3 is 2.30 bits per heavy atom. The van der Waals surface area contributed by atoms with E-state index in [1.165, 1.54) is 13.4 Å². The standard InChI is InChI=1S/C35H36N6O5/c1-44-35(43)41(34(42)32(37)31(25-8-4-2-5-9-25)26-10-6-3-7-11-26)33-27(19-39-23-40-33)14-17-29-20-38-21-30(46-29)22-45-28-15-12-24(18-36)13-16-28/h2-13,15-16,19,23,29-32,38H,14,17,20-22,37H2,1H3/t29-,30+,32+/m1/s1. The Morgan fingerprint density at radius 1 is 1.02 bits per heavy atom. The number of carbonyl (C=O) groups excluding carboxylic acids is 2. The molecule has 0 bridgehead atoms. The molecule has 2 amide bonds. The highest BCUT2D eigenvalue weighted by atomic mass is 16.5. The largest absolute Gasteiger partial charge is 0.491 e. The number of amides is 2. The Kier molecular flexibility index (Phi) is 11.0. The van der Waals surface area contributed by atoms with Crippen LogP contribution in [0.15, 0.2) is 97.5 Å². The molecular weight excluding hydrogens is 584 g/mol. The summed E-state index contributed by atoms with van der Waals surface area (Å²) < 4.78 is 17.2. The molecular formula is C35H36N6O5. The number of benzene rings is 3. The topological polar surface area (TPSA) is 153 Å². The minimum absolute atomic E-state index is 0.117. The van der Waals surface area contributed by atoms with Gasteiger partial charge in [-0.2, -0.15) is 10.2 Å². The van der Waals surface area contributed by atoms with E-state index in [-0.39, 0.29) is 18.0 Å². The Labute approximate surface area is 267 Å². The maximum atomic E-state index is 14.1. The molecule has 1 aliphatic heterocycles. The number of hydrogen-bond donors (Lipinski definition) is 2. The van der Waals surface area contributed by atoms with Crippen molar-refractivity contribution in [2.45, 2.75) is 37.0 Å². The summed E-state index contributed by atoms with van der Waals surface area (Å²) in [6.07, 6.45) is 2.60. The number of imide groups is 1. The molecule has 0 unspecified atom stereocenters. The van der Waals surface area contributed by atoms with Gasteiger partial charge in [0.1, 0.15) is 24.8 Å². The molecule has 1 aliphatic rings. The molecule has 0 aliphatic carbocycles. The molecule has 0 saturated carbocycles. The number of rotatable bonds is 11. The number of anilines is 1. The molecule has 4 aromatic rings. The first kappa shape index (κ1) is 32.2. The third kappa shape index (κ3) is 7.92. The van der Waals surface area contributed by atoms with Gasteiger partial charge >= 0.3 is 6.09 Å². The van der Waals surface area contributed by atoms with Crippen molar-refractivity contribution in [1.82, 2.24) is 15.3 Å². The minimum Gasteiger partial charge on any atom is -0.491 e. The van der Waals surface area contributed by atoms with Crippen LogP contribution < -0.4 is 20.7 Å². The number of nitriles is 1. The SMILES string of the molecule is COC(=O)N(C(=O)[C@@H](N)C(c1ccccc1)c1ccccc1)c1ncncc1CC[C@@H]1CNC[C@@H](COc2ccc(C#N)cc2)O1. The van der Waals surface area contributed by atoms with Crippen LogP contribution in [0.25, 0.3) is 0 Å². The number of nitrogens with two attached hydrogens (primary N) is 1. The van der Waals surface area contributed by atoms with E-state index in [0.29, 0.717) is 49.4 Å². The second-order valence-corrected chi connectivity index (χ2v) is 10.9. The predicted octanol–water partition coefficient (Wildman–Crippen LogP) is 3.98. The summed E-state index contributed by atoms with van der Waals surface area (Å²) in [6.45, 7) is 1.58. The van der Waals surface area contributed by atoms with E-state index in [4.69, 9.17) is 25.2 Å². The molecule has 1 fully saturated rings. The Bertz CT molecular complexity index is 1590. The summed E-state index contributed by atoms with van der Waals surface area (Å²) in [6, 6.07) is 26.8. The highest BCUT2D eigenvalue weighted by Gasteiger charge is 2.37. The van der Waals surface area contributed by atoms with Gasteiger partial charge < -0.3 is 25.3 Å². The van der Waals surface area contributed by atoms with Gasteiger partial charge in [0, 0.05) is 30.8 Å². The summed E-state index contributed by atoms with van der Waals surface area (Å²) >= 11 is 0. The first-order valence-corrected chi connectivity index (χ1v) is 15.0. The Morgan fingerprint density at radius 2 is 1.67 bits per heavy atom. The number of hydrogen-bond acceptors (Lipinski definition) is 10. The fourth-order valence-corrected chi connectivity index (χ4v) is 5.49. The molecule has 1 saturated heterocycles.